The highest BCUT2D eigenvalue weighted by molar-refractivity contribution is 5.19. The number of aromatic nitrogens is 2. The molecule has 1 aromatic heterocycles. The van der Waals surface area contributed by atoms with Crippen molar-refractivity contribution in [1.29, 1.82) is 0 Å². The van der Waals surface area contributed by atoms with E-state index in [-0.39, 0.29) is 0 Å². The van der Waals surface area contributed by atoms with E-state index in [1.54, 1.807) is 6.33 Å². The minimum Gasteiger partial charge on any atom is -0.478 e. The summed E-state index contributed by atoms with van der Waals surface area (Å²) < 4.78 is 5.25. The van der Waals surface area contributed by atoms with Crippen molar-refractivity contribution < 1.29 is 4.74 Å². The molecule has 0 unspecified atom stereocenters. The minimum atomic E-state index is 0.829. The Morgan fingerprint density at radius 1 is 1.67 bits per heavy atom. The Morgan fingerprint density at radius 2 is 2.67 bits per heavy atom. The summed E-state index contributed by atoms with van der Waals surface area (Å²) in [5.74, 6) is 0.862. The van der Waals surface area contributed by atoms with E-state index in [0.29, 0.717) is 0 Å². The van der Waals surface area contributed by atoms with Crippen LogP contribution in [0.3, 0.4) is 0 Å². The quantitative estimate of drug-likeness (QED) is 0.553. The monoisotopic (exact) mass is 124 g/mol. The summed E-state index contributed by atoms with van der Waals surface area (Å²) in [6, 6.07) is 0. The maximum Gasteiger partial charge on any atom is 0.214 e. The fourth-order valence-electron chi connectivity index (χ4n) is 1.03. The molecule has 48 valence electrons. The number of rotatable bonds is 0. The topological polar surface area (TPSA) is 37.9 Å². The van der Waals surface area contributed by atoms with Crippen LogP contribution in [0.5, 0.6) is 5.88 Å². The first-order chi connectivity index (χ1) is 4.47. The van der Waals surface area contributed by atoms with Gasteiger partial charge in [-0.3, -0.25) is 0 Å². The second-order valence-electron chi connectivity index (χ2n) is 2.13. The summed E-state index contributed by atoms with van der Waals surface area (Å²) in [6.07, 6.45) is 3.83. The van der Waals surface area contributed by atoms with Gasteiger partial charge in [-0.25, -0.2) is 4.98 Å². The van der Waals surface area contributed by atoms with Gasteiger partial charge in [0.25, 0.3) is 0 Å². The van der Waals surface area contributed by atoms with Crippen molar-refractivity contribution in [3.8, 4) is 5.88 Å². The van der Waals surface area contributed by atoms with Crippen LogP contribution in [0.25, 0.3) is 0 Å². The zero-order valence-corrected chi connectivity index (χ0v) is 5.05. The van der Waals surface area contributed by atoms with Gasteiger partial charge in [-0.15, -0.1) is 0 Å². The molecule has 1 aromatic rings. The van der Waals surface area contributed by atoms with Crippen LogP contribution in [-0.4, -0.2) is 16.6 Å². The van der Waals surface area contributed by atoms with E-state index in [1.165, 1.54) is 0 Å². The molecule has 9 heavy (non-hydrogen) atoms. The van der Waals surface area contributed by atoms with E-state index in [1.807, 2.05) is 0 Å². The lowest BCUT2D eigenvalue weighted by molar-refractivity contribution is 0.277. The molecule has 3 heteroatoms. The predicted octanol–water partition coefficient (Wildman–Crippen LogP) is 0.735. The lowest BCUT2D eigenvalue weighted by Crippen LogP contribution is -2.07. The van der Waals surface area contributed by atoms with E-state index < -0.39 is 0 Å². The first-order valence-electron chi connectivity index (χ1n) is 3.12. The lowest BCUT2D eigenvalue weighted by atomic mass is 10.2. The van der Waals surface area contributed by atoms with Gasteiger partial charge in [0.2, 0.25) is 5.88 Å². The van der Waals surface area contributed by atoms with Crippen molar-refractivity contribution in [2.45, 2.75) is 12.8 Å². The number of nitrogens with zero attached hydrogens (tertiary/aromatic N) is 1. The van der Waals surface area contributed by atoms with Gasteiger partial charge in [0.05, 0.1) is 12.9 Å². The third-order valence-electron chi connectivity index (χ3n) is 1.48. The number of hydrogen-bond acceptors (Lipinski definition) is 2. The molecule has 0 amide bonds. The zero-order chi connectivity index (χ0) is 6.10. The first kappa shape index (κ1) is 4.85. The van der Waals surface area contributed by atoms with Crippen molar-refractivity contribution >= 4 is 0 Å². The highest BCUT2D eigenvalue weighted by Gasteiger charge is 2.10. The Kier molecular flexibility index (Phi) is 0.946. The Labute approximate surface area is 53.1 Å². The standard InChI is InChI=1S/C6H8N2O/c1-2-5-6(9-3-1)8-4-7-5/h4H,1-3H2,(H,7,8). The maximum absolute atomic E-state index is 5.25. The van der Waals surface area contributed by atoms with Gasteiger partial charge < -0.3 is 9.72 Å². The average molecular weight is 124 g/mol. The largest absolute Gasteiger partial charge is 0.478 e. The normalized spacial score (nSPS) is 16.4. The van der Waals surface area contributed by atoms with E-state index in [0.717, 1.165) is 31.0 Å². The Bertz CT molecular complexity index is 186. The molecule has 1 aliphatic rings. The Hall–Kier alpha value is -0.990. The number of aryl methyl sites for hydroxylation is 1. The van der Waals surface area contributed by atoms with Gasteiger partial charge >= 0.3 is 0 Å². The molecule has 2 heterocycles. The molecule has 0 fully saturated rings. The van der Waals surface area contributed by atoms with Gasteiger partial charge in [-0.1, -0.05) is 0 Å². The van der Waals surface area contributed by atoms with Crippen molar-refractivity contribution in [2.24, 2.45) is 0 Å². The van der Waals surface area contributed by atoms with Crippen molar-refractivity contribution in [2.75, 3.05) is 6.61 Å². The van der Waals surface area contributed by atoms with Crippen LogP contribution in [0.2, 0.25) is 0 Å². The summed E-state index contributed by atoms with van der Waals surface area (Å²) in [5.41, 5.74) is 1.07. The predicted molar refractivity (Wildman–Crippen MR) is 32.4 cm³/mol. The summed E-state index contributed by atoms with van der Waals surface area (Å²) in [5, 5.41) is 0. The summed E-state index contributed by atoms with van der Waals surface area (Å²) in [7, 11) is 0. The van der Waals surface area contributed by atoms with Gasteiger partial charge in [-0.2, -0.15) is 0 Å². The van der Waals surface area contributed by atoms with Crippen LogP contribution in [0.4, 0.5) is 0 Å². The van der Waals surface area contributed by atoms with Gasteiger partial charge in [0.1, 0.15) is 5.69 Å². The molecule has 0 spiro atoms. The number of hydrogen-bond donors (Lipinski definition) is 1. The molecule has 0 aliphatic carbocycles. The number of imidazole rings is 1. The lowest BCUT2D eigenvalue weighted by Gasteiger charge is -2.09. The molecule has 0 aromatic carbocycles. The number of fused-ring (bicyclic) bond motifs is 1. The van der Waals surface area contributed by atoms with Crippen molar-refractivity contribution in [3.05, 3.63) is 12.0 Å². The van der Waals surface area contributed by atoms with Crippen LogP contribution in [0.15, 0.2) is 6.33 Å². The van der Waals surface area contributed by atoms with Crippen LogP contribution >= 0.6 is 0 Å². The Balaban J connectivity index is 2.39. The molecular weight excluding hydrogens is 116 g/mol. The summed E-state index contributed by atoms with van der Waals surface area (Å²) in [4.78, 5) is 7.00. The van der Waals surface area contributed by atoms with Crippen LogP contribution < -0.4 is 4.74 Å². The molecule has 0 radical (unpaired) electrons. The van der Waals surface area contributed by atoms with Crippen LogP contribution in [-0.2, 0) is 6.42 Å². The van der Waals surface area contributed by atoms with Crippen LogP contribution in [0.1, 0.15) is 12.1 Å². The fraction of sp³-hybridized carbons (Fsp3) is 0.500. The fourth-order valence-corrected chi connectivity index (χ4v) is 1.03. The molecule has 3 nitrogen and oxygen atoms in total. The van der Waals surface area contributed by atoms with Crippen LogP contribution in [0, 0.1) is 0 Å². The summed E-state index contributed by atoms with van der Waals surface area (Å²) in [6.45, 7) is 0.829. The molecule has 2 rings (SSSR count). The third-order valence-corrected chi connectivity index (χ3v) is 1.48. The molecule has 0 saturated carbocycles. The second-order valence-corrected chi connectivity index (χ2v) is 2.13. The number of H-pyrrole nitrogens is 1. The van der Waals surface area contributed by atoms with Crippen molar-refractivity contribution in [1.82, 2.24) is 9.97 Å². The maximum atomic E-state index is 5.25. The molecule has 1 N–H and O–H groups in total. The van der Waals surface area contributed by atoms with E-state index in [2.05, 4.69) is 9.97 Å². The number of aromatic amines is 1. The number of ether oxygens (including phenoxy) is 1. The minimum absolute atomic E-state index is 0.829. The SMILES string of the molecule is c1nc2c([nH]1)OCCC2. The van der Waals surface area contributed by atoms with Gasteiger partial charge in [0.15, 0.2) is 0 Å². The second kappa shape index (κ2) is 1.76. The highest BCUT2D eigenvalue weighted by atomic mass is 16.5. The molecular formula is C6H8N2O. The smallest absolute Gasteiger partial charge is 0.214 e. The highest BCUT2D eigenvalue weighted by Crippen LogP contribution is 2.18. The average Bonchev–Trinajstić information content (AvgIpc) is 2.33. The van der Waals surface area contributed by atoms with Crippen molar-refractivity contribution in [3.63, 3.8) is 0 Å². The first-order valence-corrected chi connectivity index (χ1v) is 3.12. The third kappa shape index (κ3) is 0.686. The molecule has 0 bridgehead atoms. The Morgan fingerprint density at radius 3 is 3.56 bits per heavy atom. The van der Waals surface area contributed by atoms with E-state index >= 15 is 0 Å². The number of nitrogens with one attached hydrogen (secondary N) is 1. The van der Waals surface area contributed by atoms with Gasteiger partial charge in [0, 0.05) is 0 Å². The molecule has 0 saturated heterocycles. The molecule has 1 aliphatic heterocycles. The van der Waals surface area contributed by atoms with E-state index in [9.17, 15) is 0 Å². The zero-order valence-electron chi connectivity index (χ0n) is 5.05. The van der Waals surface area contributed by atoms with E-state index in [4.69, 9.17) is 4.74 Å². The summed E-state index contributed by atoms with van der Waals surface area (Å²) >= 11 is 0. The van der Waals surface area contributed by atoms with Gasteiger partial charge in [-0.05, 0) is 12.8 Å². The molecule has 0 atom stereocenters.